The maximum Gasteiger partial charge on any atom is 0.0568 e. The van der Waals surface area contributed by atoms with Crippen molar-refractivity contribution in [3.8, 4) is 0 Å². The summed E-state index contributed by atoms with van der Waals surface area (Å²) in [6.45, 7) is 2.14. The Labute approximate surface area is 98.9 Å². The first kappa shape index (κ1) is 11.1. The third-order valence-electron chi connectivity index (χ3n) is 3.44. The molecular weight excluding hydrogens is 254 g/mol. The van der Waals surface area contributed by atoms with Crippen LogP contribution < -0.4 is 0 Å². The summed E-state index contributed by atoms with van der Waals surface area (Å²) in [7, 11) is 0. The number of aliphatic hydroxyl groups is 1. The van der Waals surface area contributed by atoms with Gasteiger partial charge in [0.1, 0.15) is 0 Å². The van der Waals surface area contributed by atoms with Crippen LogP contribution >= 0.6 is 15.9 Å². The second kappa shape index (κ2) is 4.62. The molecule has 1 heterocycles. The molecule has 1 aliphatic rings. The lowest BCUT2D eigenvalue weighted by atomic mass is 9.92. The van der Waals surface area contributed by atoms with E-state index in [0.29, 0.717) is 11.8 Å². The molecule has 0 saturated heterocycles. The van der Waals surface area contributed by atoms with Crippen molar-refractivity contribution in [3.05, 3.63) is 28.5 Å². The first-order valence-electron chi connectivity index (χ1n) is 5.45. The molecule has 0 aliphatic heterocycles. The normalized spacial score (nSPS) is 30.7. The third kappa shape index (κ3) is 2.58. The van der Waals surface area contributed by atoms with Gasteiger partial charge in [0.25, 0.3) is 0 Å². The molecule has 3 heteroatoms. The predicted molar refractivity (Wildman–Crippen MR) is 63.5 cm³/mol. The summed E-state index contributed by atoms with van der Waals surface area (Å²) in [5.41, 5.74) is 1.13. The molecule has 1 fully saturated rings. The van der Waals surface area contributed by atoms with Gasteiger partial charge in [0.15, 0.2) is 0 Å². The number of pyridine rings is 1. The van der Waals surface area contributed by atoms with E-state index in [1.54, 1.807) is 0 Å². The van der Waals surface area contributed by atoms with E-state index in [-0.39, 0.29) is 6.10 Å². The molecule has 2 nitrogen and oxygen atoms in total. The number of aromatic nitrogens is 1. The molecule has 0 radical (unpaired) electrons. The molecule has 1 aromatic heterocycles. The smallest absolute Gasteiger partial charge is 0.0568 e. The topological polar surface area (TPSA) is 33.1 Å². The lowest BCUT2D eigenvalue weighted by molar-refractivity contribution is 0.127. The van der Waals surface area contributed by atoms with Gasteiger partial charge in [0.2, 0.25) is 0 Å². The van der Waals surface area contributed by atoms with Gasteiger partial charge >= 0.3 is 0 Å². The lowest BCUT2D eigenvalue weighted by Gasteiger charge is -2.16. The van der Waals surface area contributed by atoms with Crippen LogP contribution in [-0.4, -0.2) is 16.2 Å². The molecule has 1 saturated carbocycles. The Bertz CT molecular complexity index is 325. The van der Waals surface area contributed by atoms with Gasteiger partial charge in [-0.3, -0.25) is 4.98 Å². The zero-order valence-corrected chi connectivity index (χ0v) is 10.4. The number of aliphatic hydroxyl groups excluding tert-OH is 1. The van der Waals surface area contributed by atoms with Crippen molar-refractivity contribution >= 4 is 15.9 Å². The van der Waals surface area contributed by atoms with Crippen LogP contribution in [0.5, 0.6) is 0 Å². The van der Waals surface area contributed by atoms with E-state index in [2.05, 4.69) is 33.9 Å². The molecule has 2 rings (SSSR count). The van der Waals surface area contributed by atoms with Gasteiger partial charge in [0.05, 0.1) is 6.10 Å². The molecule has 15 heavy (non-hydrogen) atoms. The molecule has 0 spiro atoms. The second-order valence-corrected chi connectivity index (χ2v) is 5.35. The summed E-state index contributed by atoms with van der Waals surface area (Å²) in [4.78, 5) is 4.37. The predicted octanol–water partition coefficient (Wildman–Crippen LogP) is 2.79. The first-order chi connectivity index (χ1) is 7.16. The largest absolute Gasteiger partial charge is 0.393 e. The van der Waals surface area contributed by atoms with Crippen molar-refractivity contribution < 1.29 is 5.11 Å². The van der Waals surface area contributed by atoms with E-state index in [1.165, 1.54) is 0 Å². The Balaban J connectivity index is 2.00. The molecule has 0 bridgehead atoms. The van der Waals surface area contributed by atoms with Gasteiger partial charge in [0, 0.05) is 16.4 Å². The van der Waals surface area contributed by atoms with Crippen molar-refractivity contribution in [2.75, 3.05) is 0 Å². The second-order valence-electron chi connectivity index (χ2n) is 4.44. The zero-order valence-electron chi connectivity index (χ0n) is 8.86. The van der Waals surface area contributed by atoms with Crippen LogP contribution in [-0.2, 0) is 6.42 Å². The van der Waals surface area contributed by atoms with E-state index in [0.717, 1.165) is 29.4 Å². The molecule has 3 unspecified atom stereocenters. The van der Waals surface area contributed by atoms with Crippen molar-refractivity contribution in [1.82, 2.24) is 4.98 Å². The average Bonchev–Trinajstić information content (AvgIpc) is 2.53. The third-order valence-corrected chi connectivity index (χ3v) is 3.91. The summed E-state index contributed by atoms with van der Waals surface area (Å²) in [6.07, 6.45) is 4.80. The van der Waals surface area contributed by atoms with E-state index in [4.69, 9.17) is 0 Å². The summed E-state index contributed by atoms with van der Waals surface area (Å²) in [5, 5.41) is 9.66. The number of hydrogen-bond donors (Lipinski definition) is 1. The molecule has 1 N–H and O–H groups in total. The minimum absolute atomic E-state index is 0.106. The van der Waals surface area contributed by atoms with Crippen molar-refractivity contribution in [3.63, 3.8) is 0 Å². The van der Waals surface area contributed by atoms with E-state index >= 15 is 0 Å². The van der Waals surface area contributed by atoms with Crippen LogP contribution in [0.3, 0.4) is 0 Å². The van der Waals surface area contributed by atoms with Crippen LogP contribution in [0.1, 0.15) is 25.5 Å². The number of hydrogen-bond acceptors (Lipinski definition) is 2. The SMILES string of the molecule is CC1C(O)CCC1Cc1ccc(Br)cn1. The fraction of sp³-hybridized carbons (Fsp3) is 0.583. The van der Waals surface area contributed by atoms with Crippen LogP contribution in [0.25, 0.3) is 0 Å². The Hall–Kier alpha value is -0.410. The molecule has 82 valence electrons. The van der Waals surface area contributed by atoms with Crippen LogP contribution in [0.15, 0.2) is 22.8 Å². The summed E-state index contributed by atoms with van der Waals surface area (Å²) in [5.74, 6) is 1.00. The summed E-state index contributed by atoms with van der Waals surface area (Å²) in [6, 6.07) is 4.08. The monoisotopic (exact) mass is 269 g/mol. The average molecular weight is 270 g/mol. The fourth-order valence-electron chi connectivity index (χ4n) is 2.31. The maximum absolute atomic E-state index is 9.66. The van der Waals surface area contributed by atoms with Crippen LogP contribution in [0.4, 0.5) is 0 Å². The van der Waals surface area contributed by atoms with Crippen LogP contribution in [0.2, 0.25) is 0 Å². The molecule has 0 aromatic carbocycles. The molecule has 1 aliphatic carbocycles. The fourth-order valence-corrected chi connectivity index (χ4v) is 2.54. The van der Waals surface area contributed by atoms with Crippen molar-refractivity contribution in [2.24, 2.45) is 11.8 Å². The van der Waals surface area contributed by atoms with E-state index in [1.807, 2.05) is 12.3 Å². The van der Waals surface area contributed by atoms with Gasteiger partial charge in [-0.25, -0.2) is 0 Å². The molecule has 0 amide bonds. The van der Waals surface area contributed by atoms with Crippen molar-refractivity contribution in [2.45, 2.75) is 32.3 Å². The minimum Gasteiger partial charge on any atom is -0.393 e. The van der Waals surface area contributed by atoms with Gasteiger partial charge in [-0.05, 0) is 59.2 Å². The van der Waals surface area contributed by atoms with Gasteiger partial charge in [-0.15, -0.1) is 0 Å². The summed E-state index contributed by atoms with van der Waals surface area (Å²) >= 11 is 3.38. The molecule has 1 aromatic rings. The van der Waals surface area contributed by atoms with E-state index < -0.39 is 0 Å². The lowest BCUT2D eigenvalue weighted by Crippen LogP contribution is -2.17. The number of rotatable bonds is 2. The quantitative estimate of drug-likeness (QED) is 0.896. The molecular formula is C12H16BrNO. The van der Waals surface area contributed by atoms with Gasteiger partial charge in [-0.1, -0.05) is 6.92 Å². The highest BCUT2D eigenvalue weighted by atomic mass is 79.9. The Kier molecular flexibility index (Phi) is 3.42. The van der Waals surface area contributed by atoms with Crippen LogP contribution in [0, 0.1) is 11.8 Å². The standard InChI is InChI=1S/C12H16BrNO/c1-8-9(2-5-12(8)15)6-11-4-3-10(13)7-14-11/h3-4,7-9,12,15H,2,5-6H2,1H3. The first-order valence-corrected chi connectivity index (χ1v) is 6.24. The Morgan fingerprint density at radius 1 is 1.47 bits per heavy atom. The maximum atomic E-state index is 9.66. The highest BCUT2D eigenvalue weighted by Gasteiger charge is 2.31. The van der Waals surface area contributed by atoms with Gasteiger partial charge < -0.3 is 5.11 Å². The van der Waals surface area contributed by atoms with Crippen molar-refractivity contribution in [1.29, 1.82) is 0 Å². The minimum atomic E-state index is -0.106. The highest BCUT2D eigenvalue weighted by molar-refractivity contribution is 9.10. The molecule has 3 atom stereocenters. The number of halogens is 1. The highest BCUT2D eigenvalue weighted by Crippen LogP contribution is 2.33. The Morgan fingerprint density at radius 3 is 2.80 bits per heavy atom. The summed E-state index contributed by atoms with van der Waals surface area (Å²) < 4.78 is 1.02. The number of nitrogens with zero attached hydrogens (tertiary/aromatic N) is 1. The van der Waals surface area contributed by atoms with Gasteiger partial charge in [-0.2, -0.15) is 0 Å². The van der Waals surface area contributed by atoms with E-state index in [9.17, 15) is 5.11 Å². The Morgan fingerprint density at radius 2 is 2.27 bits per heavy atom. The zero-order chi connectivity index (χ0) is 10.8.